The van der Waals surface area contributed by atoms with Gasteiger partial charge < -0.3 is 9.15 Å². The highest BCUT2D eigenvalue weighted by atomic mass is 16.6. The zero-order chi connectivity index (χ0) is 11.3. The van der Waals surface area contributed by atoms with Crippen molar-refractivity contribution in [2.45, 2.75) is 6.92 Å². The van der Waals surface area contributed by atoms with Crippen molar-refractivity contribution in [2.24, 2.45) is 0 Å². The van der Waals surface area contributed by atoms with E-state index >= 15 is 0 Å². The third kappa shape index (κ3) is 3.26. The number of nitrogens with one attached hydrogen (secondary N) is 1. The van der Waals surface area contributed by atoms with Crippen LogP contribution in [0.2, 0.25) is 0 Å². The van der Waals surface area contributed by atoms with E-state index in [1.54, 1.807) is 6.92 Å². The van der Waals surface area contributed by atoms with Crippen LogP contribution in [0.5, 0.6) is 0 Å². The Bertz CT molecular complexity index is 395. The van der Waals surface area contributed by atoms with Gasteiger partial charge in [-0.15, -0.1) is 0 Å². The maximum absolute atomic E-state index is 10.3. The Labute approximate surface area is 85.8 Å². The molecule has 6 heteroatoms. The van der Waals surface area contributed by atoms with Gasteiger partial charge in [0.2, 0.25) is 5.90 Å². The summed E-state index contributed by atoms with van der Waals surface area (Å²) in [6.45, 7) is 2.17. The van der Waals surface area contributed by atoms with Gasteiger partial charge in [-0.05, 0) is 19.1 Å². The molecule has 0 spiro atoms. The maximum atomic E-state index is 10.3. The molecule has 0 unspecified atom stereocenters. The van der Waals surface area contributed by atoms with Crippen LogP contribution in [0.25, 0.3) is 6.08 Å². The Hall–Kier alpha value is -2.11. The SMILES string of the molecule is CCOC(=N)/C=C/c1ccc([N+](=O)[O-])o1. The molecule has 0 radical (unpaired) electrons. The van der Waals surface area contributed by atoms with Crippen LogP contribution in [0.1, 0.15) is 12.7 Å². The molecule has 0 bridgehead atoms. The van der Waals surface area contributed by atoms with E-state index < -0.39 is 4.92 Å². The van der Waals surface area contributed by atoms with Gasteiger partial charge >= 0.3 is 5.88 Å². The molecule has 0 aromatic carbocycles. The standard InChI is InChI=1S/C9H10N2O4/c1-2-14-8(10)5-3-7-4-6-9(15-7)11(12)13/h3-6,10H,2H2,1H3/b5-3+,10-8?. The molecule has 1 aromatic rings. The van der Waals surface area contributed by atoms with Gasteiger partial charge in [-0.2, -0.15) is 0 Å². The van der Waals surface area contributed by atoms with Crippen molar-refractivity contribution in [1.82, 2.24) is 0 Å². The molecule has 1 heterocycles. The van der Waals surface area contributed by atoms with E-state index in [9.17, 15) is 10.1 Å². The number of ether oxygens (including phenoxy) is 1. The van der Waals surface area contributed by atoms with E-state index in [0.717, 1.165) is 0 Å². The lowest BCUT2D eigenvalue weighted by Crippen LogP contribution is -1.97. The molecule has 0 atom stereocenters. The topological polar surface area (TPSA) is 89.4 Å². The van der Waals surface area contributed by atoms with Crippen molar-refractivity contribution in [2.75, 3.05) is 6.61 Å². The second-order valence-electron chi connectivity index (χ2n) is 2.56. The molecule has 6 nitrogen and oxygen atoms in total. The molecule has 15 heavy (non-hydrogen) atoms. The molecule has 1 N–H and O–H groups in total. The van der Waals surface area contributed by atoms with Crippen molar-refractivity contribution >= 4 is 17.9 Å². The fourth-order valence-corrected chi connectivity index (χ4v) is 0.891. The van der Waals surface area contributed by atoms with Crippen LogP contribution in [0.15, 0.2) is 22.6 Å². The first kappa shape index (κ1) is 11.0. The molecule has 0 fully saturated rings. The van der Waals surface area contributed by atoms with Gasteiger partial charge in [0, 0.05) is 6.08 Å². The second kappa shape index (κ2) is 4.94. The summed E-state index contributed by atoms with van der Waals surface area (Å²) in [6.07, 6.45) is 2.80. The lowest BCUT2D eigenvalue weighted by Gasteiger charge is -1.96. The Balaban J connectivity index is 2.64. The molecule has 1 rings (SSSR count). The number of rotatable bonds is 4. The fraction of sp³-hybridized carbons (Fsp3) is 0.222. The van der Waals surface area contributed by atoms with E-state index in [4.69, 9.17) is 14.6 Å². The minimum absolute atomic E-state index is 0.0171. The Morgan fingerprint density at radius 1 is 1.73 bits per heavy atom. The lowest BCUT2D eigenvalue weighted by atomic mass is 10.4. The number of nitro groups is 1. The van der Waals surface area contributed by atoms with E-state index in [2.05, 4.69) is 0 Å². The van der Waals surface area contributed by atoms with Crippen LogP contribution >= 0.6 is 0 Å². The largest absolute Gasteiger partial charge is 0.478 e. The Kier molecular flexibility index (Phi) is 3.61. The molecular formula is C9H10N2O4. The first-order valence-electron chi connectivity index (χ1n) is 4.27. The van der Waals surface area contributed by atoms with Gasteiger partial charge in [-0.1, -0.05) is 0 Å². The van der Waals surface area contributed by atoms with Gasteiger partial charge in [0.25, 0.3) is 0 Å². The summed E-state index contributed by atoms with van der Waals surface area (Å²) in [5.41, 5.74) is 0. The monoisotopic (exact) mass is 210 g/mol. The summed E-state index contributed by atoms with van der Waals surface area (Å²) in [5.74, 6) is -0.0275. The van der Waals surface area contributed by atoms with Crippen molar-refractivity contribution < 1.29 is 14.1 Å². The molecular weight excluding hydrogens is 200 g/mol. The quantitative estimate of drug-likeness (QED) is 0.357. The lowest BCUT2D eigenvalue weighted by molar-refractivity contribution is -0.402. The molecule has 1 aromatic heterocycles. The van der Waals surface area contributed by atoms with E-state index in [-0.39, 0.29) is 11.8 Å². The Morgan fingerprint density at radius 2 is 2.47 bits per heavy atom. The predicted molar refractivity (Wildman–Crippen MR) is 53.7 cm³/mol. The van der Waals surface area contributed by atoms with Crippen LogP contribution in [0.4, 0.5) is 5.88 Å². The highest BCUT2D eigenvalue weighted by Crippen LogP contribution is 2.16. The first-order chi connectivity index (χ1) is 7.13. The molecule has 0 aliphatic carbocycles. The van der Waals surface area contributed by atoms with Gasteiger partial charge in [0.1, 0.15) is 10.7 Å². The third-order valence-electron chi connectivity index (χ3n) is 1.49. The first-order valence-corrected chi connectivity index (χ1v) is 4.27. The summed E-state index contributed by atoms with van der Waals surface area (Å²) in [7, 11) is 0. The highest BCUT2D eigenvalue weighted by molar-refractivity contribution is 5.88. The van der Waals surface area contributed by atoms with Crippen LogP contribution in [0.3, 0.4) is 0 Å². The van der Waals surface area contributed by atoms with Crippen LogP contribution in [-0.4, -0.2) is 17.4 Å². The Morgan fingerprint density at radius 3 is 3.00 bits per heavy atom. The zero-order valence-corrected chi connectivity index (χ0v) is 8.10. The van der Waals surface area contributed by atoms with Gasteiger partial charge in [-0.3, -0.25) is 15.5 Å². The van der Waals surface area contributed by atoms with Gasteiger partial charge in [0.15, 0.2) is 0 Å². The summed E-state index contributed by atoms with van der Waals surface area (Å²) < 4.78 is 9.67. The van der Waals surface area contributed by atoms with E-state index in [1.807, 2.05) is 0 Å². The molecule has 0 aliphatic rings. The minimum atomic E-state index is -0.620. The average Bonchev–Trinajstić information content (AvgIpc) is 2.63. The fourth-order valence-electron chi connectivity index (χ4n) is 0.891. The molecule has 80 valence electrons. The summed E-state index contributed by atoms with van der Waals surface area (Å²) in [6, 6.07) is 2.71. The normalized spacial score (nSPS) is 10.5. The van der Waals surface area contributed by atoms with Crippen LogP contribution in [-0.2, 0) is 4.74 Å². The third-order valence-corrected chi connectivity index (χ3v) is 1.49. The number of hydrogen-bond acceptors (Lipinski definition) is 5. The van der Waals surface area contributed by atoms with Crippen molar-refractivity contribution in [1.29, 1.82) is 5.41 Å². The van der Waals surface area contributed by atoms with Crippen molar-refractivity contribution in [3.8, 4) is 0 Å². The highest BCUT2D eigenvalue weighted by Gasteiger charge is 2.09. The average molecular weight is 210 g/mol. The van der Waals surface area contributed by atoms with Crippen molar-refractivity contribution in [3.63, 3.8) is 0 Å². The molecule has 0 saturated carbocycles. The van der Waals surface area contributed by atoms with Gasteiger partial charge in [0.05, 0.1) is 12.7 Å². The van der Waals surface area contributed by atoms with Gasteiger partial charge in [-0.25, -0.2) is 0 Å². The smallest absolute Gasteiger partial charge is 0.433 e. The van der Waals surface area contributed by atoms with E-state index in [1.165, 1.54) is 24.3 Å². The molecule has 0 amide bonds. The zero-order valence-electron chi connectivity index (χ0n) is 8.10. The number of hydrogen-bond donors (Lipinski definition) is 1. The van der Waals surface area contributed by atoms with Crippen LogP contribution < -0.4 is 0 Å². The number of nitrogens with zero attached hydrogens (tertiary/aromatic N) is 1. The van der Waals surface area contributed by atoms with E-state index in [0.29, 0.717) is 12.4 Å². The van der Waals surface area contributed by atoms with Crippen molar-refractivity contribution in [3.05, 3.63) is 34.1 Å². The second-order valence-corrected chi connectivity index (χ2v) is 2.56. The van der Waals surface area contributed by atoms with Crippen LogP contribution in [0, 0.1) is 15.5 Å². The summed E-state index contributed by atoms with van der Waals surface area (Å²) in [5, 5.41) is 17.5. The number of furan rings is 1. The molecule has 0 saturated heterocycles. The minimum Gasteiger partial charge on any atom is -0.478 e. The molecule has 0 aliphatic heterocycles. The predicted octanol–water partition coefficient (Wildman–Crippen LogP) is 2.21. The summed E-state index contributed by atoms with van der Waals surface area (Å²) in [4.78, 5) is 9.66. The summed E-state index contributed by atoms with van der Waals surface area (Å²) >= 11 is 0. The maximum Gasteiger partial charge on any atom is 0.433 e.